The lowest BCUT2D eigenvalue weighted by molar-refractivity contribution is -0.133. The highest BCUT2D eigenvalue weighted by Gasteiger charge is 2.11. The third-order valence-electron chi connectivity index (χ3n) is 2.40. The van der Waals surface area contributed by atoms with Crippen LogP contribution in [0.2, 0.25) is 0 Å². The van der Waals surface area contributed by atoms with Crippen LogP contribution in [0.5, 0.6) is 0 Å². The highest BCUT2D eigenvalue weighted by Crippen LogP contribution is 2.23. The van der Waals surface area contributed by atoms with Gasteiger partial charge in [-0.15, -0.1) is 11.8 Å². The van der Waals surface area contributed by atoms with Crippen molar-refractivity contribution in [3.8, 4) is 11.4 Å². The number of benzene rings is 1. The predicted octanol–water partition coefficient (Wildman–Crippen LogP) is 2.38. The Morgan fingerprint density at radius 3 is 2.63 bits per heavy atom. The number of carboxylic acids is 1. The Balaban J connectivity index is 2.20. The maximum atomic E-state index is 10.6. The largest absolute Gasteiger partial charge is 0.481 e. The first-order chi connectivity index (χ1) is 9.10. The van der Waals surface area contributed by atoms with E-state index in [2.05, 4.69) is 10.1 Å². The molecule has 0 saturated heterocycles. The fourth-order valence-electron chi connectivity index (χ4n) is 1.48. The molecule has 0 spiro atoms. The third-order valence-corrected chi connectivity index (χ3v) is 4.14. The number of aliphatic carboxylic acids is 1. The van der Waals surface area contributed by atoms with E-state index in [0.717, 1.165) is 17.3 Å². The second-order valence-electron chi connectivity index (χ2n) is 3.75. The Hall–Kier alpha value is -1.47. The number of carbonyl (C=O) groups is 1. The minimum Gasteiger partial charge on any atom is -0.481 e. The van der Waals surface area contributed by atoms with Gasteiger partial charge in [0.2, 0.25) is 0 Å². The summed E-state index contributed by atoms with van der Waals surface area (Å²) in [5, 5.41) is 13.6. The number of rotatable bonds is 5. The van der Waals surface area contributed by atoms with Crippen LogP contribution in [-0.2, 0) is 11.8 Å². The molecule has 0 fully saturated rings. The van der Waals surface area contributed by atoms with Crippen LogP contribution < -0.4 is 0 Å². The molecule has 0 saturated carbocycles. The molecular weight excluding hydrogens is 282 g/mol. The van der Waals surface area contributed by atoms with Crippen molar-refractivity contribution in [3.63, 3.8) is 0 Å². The van der Waals surface area contributed by atoms with Crippen molar-refractivity contribution in [2.45, 2.75) is 10.1 Å². The maximum absolute atomic E-state index is 10.6. The average molecular weight is 295 g/mol. The van der Waals surface area contributed by atoms with Crippen LogP contribution in [0, 0.1) is 0 Å². The van der Waals surface area contributed by atoms with Crippen molar-refractivity contribution in [3.05, 3.63) is 24.3 Å². The van der Waals surface area contributed by atoms with Crippen molar-refractivity contribution >= 4 is 29.5 Å². The van der Waals surface area contributed by atoms with E-state index in [9.17, 15) is 4.79 Å². The van der Waals surface area contributed by atoms with Gasteiger partial charge in [0, 0.05) is 17.5 Å². The lowest BCUT2D eigenvalue weighted by atomic mass is 10.2. The van der Waals surface area contributed by atoms with Crippen LogP contribution in [0.4, 0.5) is 0 Å². The van der Waals surface area contributed by atoms with Crippen LogP contribution in [-0.4, -0.2) is 37.8 Å². The standard InChI is InChI=1S/C12H13N3O2S2/c1-15-12(19-7-10(16)17)13-11(14-15)8-3-5-9(18-2)6-4-8/h3-6H,7H2,1-2H3,(H,16,17). The molecule has 7 heteroatoms. The van der Waals surface area contributed by atoms with Crippen LogP contribution in [0.15, 0.2) is 34.3 Å². The molecule has 0 aliphatic heterocycles. The molecule has 0 atom stereocenters. The Labute approximate surface area is 119 Å². The molecule has 0 bridgehead atoms. The van der Waals surface area contributed by atoms with E-state index in [-0.39, 0.29) is 5.75 Å². The van der Waals surface area contributed by atoms with Gasteiger partial charge in [0.15, 0.2) is 11.0 Å². The lowest BCUT2D eigenvalue weighted by Crippen LogP contribution is -2.00. The molecule has 19 heavy (non-hydrogen) atoms. The van der Waals surface area contributed by atoms with E-state index in [1.165, 1.54) is 4.90 Å². The van der Waals surface area contributed by atoms with Crippen molar-refractivity contribution in [1.29, 1.82) is 0 Å². The van der Waals surface area contributed by atoms with Crippen molar-refractivity contribution in [1.82, 2.24) is 14.8 Å². The molecular formula is C12H13N3O2S2. The van der Waals surface area contributed by atoms with Gasteiger partial charge in [-0.3, -0.25) is 4.79 Å². The summed E-state index contributed by atoms with van der Waals surface area (Å²) in [4.78, 5) is 16.1. The second kappa shape index (κ2) is 6.12. The number of aryl methyl sites for hydroxylation is 1. The van der Waals surface area contributed by atoms with E-state index in [0.29, 0.717) is 11.0 Å². The Morgan fingerprint density at radius 2 is 2.05 bits per heavy atom. The summed E-state index contributed by atoms with van der Waals surface area (Å²) >= 11 is 2.84. The molecule has 1 aromatic heterocycles. The maximum Gasteiger partial charge on any atom is 0.313 e. The van der Waals surface area contributed by atoms with Gasteiger partial charge in [0.1, 0.15) is 0 Å². The Morgan fingerprint density at radius 1 is 1.37 bits per heavy atom. The highest BCUT2D eigenvalue weighted by molar-refractivity contribution is 7.99. The molecule has 100 valence electrons. The van der Waals surface area contributed by atoms with Gasteiger partial charge >= 0.3 is 5.97 Å². The van der Waals surface area contributed by atoms with Crippen LogP contribution in [0.1, 0.15) is 0 Å². The zero-order valence-electron chi connectivity index (χ0n) is 10.5. The average Bonchev–Trinajstić information content (AvgIpc) is 2.78. The Bertz CT molecular complexity index is 581. The zero-order valence-corrected chi connectivity index (χ0v) is 12.2. The van der Waals surface area contributed by atoms with E-state index in [4.69, 9.17) is 5.11 Å². The van der Waals surface area contributed by atoms with E-state index in [1.807, 2.05) is 30.5 Å². The summed E-state index contributed by atoms with van der Waals surface area (Å²) in [6.07, 6.45) is 2.02. The SMILES string of the molecule is CSc1ccc(-c2nc(SCC(=O)O)n(C)n2)cc1. The molecule has 2 rings (SSSR count). The van der Waals surface area contributed by atoms with Crippen molar-refractivity contribution < 1.29 is 9.90 Å². The van der Waals surface area contributed by atoms with Gasteiger partial charge in [-0.1, -0.05) is 23.9 Å². The number of thioether (sulfide) groups is 2. The van der Waals surface area contributed by atoms with Crippen molar-refractivity contribution in [2.24, 2.45) is 7.05 Å². The van der Waals surface area contributed by atoms with Crippen LogP contribution in [0.25, 0.3) is 11.4 Å². The third kappa shape index (κ3) is 3.51. The molecule has 0 aliphatic rings. The number of aromatic nitrogens is 3. The number of hydrogen-bond donors (Lipinski definition) is 1. The van der Waals surface area contributed by atoms with Gasteiger partial charge in [-0.05, 0) is 18.4 Å². The summed E-state index contributed by atoms with van der Waals surface area (Å²) < 4.78 is 1.60. The van der Waals surface area contributed by atoms with Gasteiger partial charge in [0.25, 0.3) is 0 Å². The fraction of sp³-hybridized carbons (Fsp3) is 0.250. The topological polar surface area (TPSA) is 68.0 Å². The molecule has 0 aliphatic carbocycles. The first-order valence-electron chi connectivity index (χ1n) is 5.50. The highest BCUT2D eigenvalue weighted by atomic mass is 32.2. The summed E-state index contributed by atoms with van der Waals surface area (Å²) in [5.74, 6) is -0.265. The quantitative estimate of drug-likeness (QED) is 0.854. The van der Waals surface area contributed by atoms with E-state index >= 15 is 0 Å². The molecule has 1 heterocycles. The van der Waals surface area contributed by atoms with Gasteiger partial charge < -0.3 is 5.11 Å². The van der Waals surface area contributed by atoms with Crippen molar-refractivity contribution in [2.75, 3.05) is 12.0 Å². The fourth-order valence-corrected chi connectivity index (χ4v) is 2.52. The predicted molar refractivity (Wildman–Crippen MR) is 76.6 cm³/mol. The summed E-state index contributed by atoms with van der Waals surface area (Å²) in [6, 6.07) is 7.96. The molecule has 1 N–H and O–H groups in total. The number of carboxylic acid groups (broad SMARTS) is 1. The zero-order chi connectivity index (χ0) is 13.8. The minimum absolute atomic E-state index is 0.0165. The molecule has 0 radical (unpaired) electrons. The normalized spacial score (nSPS) is 10.6. The monoisotopic (exact) mass is 295 g/mol. The summed E-state index contributed by atoms with van der Waals surface area (Å²) in [7, 11) is 1.76. The first-order valence-corrected chi connectivity index (χ1v) is 7.71. The van der Waals surface area contributed by atoms with E-state index < -0.39 is 5.97 Å². The molecule has 0 unspecified atom stereocenters. The van der Waals surface area contributed by atoms with Crippen LogP contribution >= 0.6 is 23.5 Å². The van der Waals surface area contributed by atoms with Gasteiger partial charge in [0.05, 0.1) is 5.75 Å². The molecule has 1 aromatic carbocycles. The first kappa shape index (κ1) is 14.0. The summed E-state index contributed by atoms with van der Waals surface area (Å²) in [6.45, 7) is 0. The number of hydrogen-bond acceptors (Lipinski definition) is 5. The summed E-state index contributed by atoms with van der Waals surface area (Å²) in [5.41, 5.74) is 0.926. The van der Waals surface area contributed by atoms with E-state index in [1.54, 1.807) is 23.5 Å². The molecule has 0 amide bonds. The van der Waals surface area contributed by atoms with Gasteiger partial charge in [-0.25, -0.2) is 9.67 Å². The smallest absolute Gasteiger partial charge is 0.313 e. The van der Waals surface area contributed by atoms with Gasteiger partial charge in [-0.2, -0.15) is 5.10 Å². The molecule has 2 aromatic rings. The second-order valence-corrected chi connectivity index (χ2v) is 5.57. The lowest BCUT2D eigenvalue weighted by Gasteiger charge is -1.97. The Kier molecular flexibility index (Phi) is 4.49. The minimum atomic E-state index is -0.862. The molecule has 5 nitrogen and oxygen atoms in total. The number of nitrogens with zero attached hydrogens (tertiary/aromatic N) is 3. The van der Waals surface area contributed by atoms with Crippen LogP contribution in [0.3, 0.4) is 0 Å².